The van der Waals surface area contributed by atoms with E-state index in [-0.39, 0.29) is 37.0 Å². The zero-order valence-electron chi connectivity index (χ0n) is 9.49. The smallest absolute Gasteiger partial charge is 0.356 e. The van der Waals surface area contributed by atoms with Crippen molar-refractivity contribution in [1.29, 1.82) is 0 Å². The number of carboxylic acid groups (broad SMARTS) is 1. The van der Waals surface area contributed by atoms with Gasteiger partial charge in [0.05, 0.1) is 27.1 Å². The summed E-state index contributed by atoms with van der Waals surface area (Å²) in [6.07, 6.45) is -0.292. The first-order valence-corrected chi connectivity index (χ1v) is 6.63. The molecule has 106 valence electrons. The van der Waals surface area contributed by atoms with Gasteiger partial charge in [-0.15, -0.1) is 0 Å². The molecule has 0 fully saturated rings. The second-order valence-electron chi connectivity index (χ2n) is 3.75. The molecule has 1 heterocycles. The third kappa shape index (κ3) is 2.60. The highest BCUT2D eigenvalue weighted by Gasteiger charge is 2.27. The summed E-state index contributed by atoms with van der Waals surface area (Å²) in [6, 6.07) is 1.31. The third-order valence-corrected chi connectivity index (χ3v) is 4.16. The van der Waals surface area contributed by atoms with Crippen LogP contribution in [0.15, 0.2) is 12.4 Å². The van der Waals surface area contributed by atoms with Gasteiger partial charge in [-0.1, -0.05) is 46.4 Å². The summed E-state index contributed by atoms with van der Waals surface area (Å²) in [7, 11) is 0. The maximum absolute atomic E-state index is 11.0. The Balaban J connectivity index is 2.60. The number of nitrogens with zero attached hydrogens (tertiary/aromatic N) is 1. The Bertz CT molecular complexity index is 687. The van der Waals surface area contributed by atoms with Gasteiger partial charge in [-0.3, -0.25) is 0 Å². The Hall–Kier alpha value is -0.980. The van der Waals surface area contributed by atoms with Crippen LogP contribution in [0.25, 0.3) is 0 Å². The van der Waals surface area contributed by atoms with E-state index in [1.54, 1.807) is 0 Å². The maximum Gasteiger partial charge on any atom is 0.356 e. The van der Waals surface area contributed by atoms with Gasteiger partial charge >= 0.3 is 5.97 Å². The lowest BCUT2D eigenvalue weighted by atomic mass is 10.0. The van der Waals surface area contributed by atoms with Crippen LogP contribution >= 0.6 is 46.4 Å². The van der Waals surface area contributed by atoms with Gasteiger partial charge in [0.15, 0.2) is 5.69 Å². The minimum absolute atomic E-state index is 0.0168. The maximum atomic E-state index is 11.0. The van der Waals surface area contributed by atoms with E-state index in [0.29, 0.717) is 0 Å². The van der Waals surface area contributed by atoms with Gasteiger partial charge in [-0.05, 0) is 6.07 Å². The van der Waals surface area contributed by atoms with Crippen molar-refractivity contribution in [2.24, 2.45) is 0 Å². The molecule has 0 saturated heterocycles. The first-order valence-electron chi connectivity index (χ1n) is 5.12. The van der Waals surface area contributed by atoms with Crippen LogP contribution in [-0.2, 0) is 0 Å². The molecule has 3 N–H and O–H groups in total. The van der Waals surface area contributed by atoms with Gasteiger partial charge in [0, 0.05) is 10.6 Å². The molecular formula is C11H6Cl4N2O3. The molecule has 1 aromatic carbocycles. The van der Waals surface area contributed by atoms with Crippen LogP contribution in [0.1, 0.15) is 27.8 Å². The highest BCUT2D eigenvalue weighted by atomic mass is 35.5. The van der Waals surface area contributed by atoms with Crippen LogP contribution in [0.4, 0.5) is 0 Å². The van der Waals surface area contributed by atoms with Crippen LogP contribution in [0.3, 0.4) is 0 Å². The molecule has 0 saturated carbocycles. The summed E-state index contributed by atoms with van der Waals surface area (Å²) in [5, 5.41) is 19.4. The molecule has 0 aliphatic carbocycles. The quantitative estimate of drug-likeness (QED) is 0.577. The molecule has 1 aromatic heterocycles. The summed E-state index contributed by atoms with van der Waals surface area (Å²) in [6.45, 7) is 0. The van der Waals surface area contributed by atoms with Gasteiger partial charge < -0.3 is 15.2 Å². The summed E-state index contributed by atoms with van der Waals surface area (Å²) in [5.41, 5.74) is -0.343. The lowest BCUT2D eigenvalue weighted by Gasteiger charge is -2.15. The van der Waals surface area contributed by atoms with Crippen molar-refractivity contribution in [3.63, 3.8) is 0 Å². The van der Waals surface area contributed by atoms with Crippen molar-refractivity contribution in [2.75, 3.05) is 0 Å². The van der Waals surface area contributed by atoms with E-state index in [1.807, 2.05) is 0 Å². The van der Waals surface area contributed by atoms with E-state index in [9.17, 15) is 9.90 Å². The van der Waals surface area contributed by atoms with E-state index in [1.165, 1.54) is 6.07 Å². The standard InChI is InChI=1S/C11H6Cl4N2O3/c12-3-1-4(13)6(14)7(15)5(3)10(18)8-9(11(19)20)17-2-16-8/h1-2,10,18H,(H,16,17)(H,19,20). The fraction of sp³-hybridized carbons (Fsp3) is 0.0909. The highest BCUT2D eigenvalue weighted by Crippen LogP contribution is 2.42. The summed E-state index contributed by atoms with van der Waals surface area (Å²) < 4.78 is 0. The Morgan fingerprint density at radius 3 is 2.45 bits per heavy atom. The van der Waals surface area contributed by atoms with Gasteiger partial charge in [-0.25, -0.2) is 9.78 Å². The molecule has 0 radical (unpaired) electrons. The van der Waals surface area contributed by atoms with Crippen LogP contribution in [-0.4, -0.2) is 26.2 Å². The molecule has 1 atom stereocenters. The van der Waals surface area contributed by atoms with E-state index < -0.39 is 12.1 Å². The van der Waals surface area contributed by atoms with Crippen molar-refractivity contribution < 1.29 is 15.0 Å². The molecule has 1 unspecified atom stereocenters. The van der Waals surface area contributed by atoms with Gasteiger partial charge in [-0.2, -0.15) is 0 Å². The van der Waals surface area contributed by atoms with Crippen LogP contribution in [0.2, 0.25) is 20.1 Å². The summed E-state index contributed by atoms with van der Waals surface area (Å²) in [4.78, 5) is 17.1. The number of halogens is 4. The van der Waals surface area contributed by atoms with Gasteiger partial charge in [0.2, 0.25) is 0 Å². The lowest BCUT2D eigenvalue weighted by molar-refractivity contribution is 0.0685. The van der Waals surface area contributed by atoms with Crippen molar-refractivity contribution in [3.8, 4) is 0 Å². The number of nitrogens with one attached hydrogen (secondary N) is 1. The molecule has 20 heavy (non-hydrogen) atoms. The number of aliphatic hydroxyl groups excluding tert-OH is 1. The van der Waals surface area contributed by atoms with E-state index in [4.69, 9.17) is 51.5 Å². The zero-order valence-corrected chi connectivity index (χ0v) is 12.5. The topological polar surface area (TPSA) is 86.2 Å². The highest BCUT2D eigenvalue weighted by molar-refractivity contribution is 6.49. The molecule has 2 aromatic rings. The molecule has 0 amide bonds. The van der Waals surface area contributed by atoms with Crippen molar-refractivity contribution in [2.45, 2.75) is 6.10 Å². The number of aromatic carboxylic acids is 1. The van der Waals surface area contributed by atoms with Crippen molar-refractivity contribution in [1.82, 2.24) is 9.97 Å². The second kappa shape index (κ2) is 5.79. The number of H-pyrrole nitrogens is 1. The molecule has 5 nitrogen and oxygen atoms in total. The van der Waals surface area contributed by atoms with Crippen molar-refractivity contribution >= 4 is 52.4 Å². The zero-order chi connectivity index (χ0) is 15.0. The van der Waals surface area contributed by atoms with Gasteiger partial charge in [0.25, 0.3) is 0 Å². The SMILES string of the molecule is O=C(O)c1nc[nH]c1C(O)c1c(Cl)cc(Cl)c(Cl)c1Cl. The van der Waals surface area contributed by atoms with Crippen molar-refractivity contribution in [3.05, 3.63) is 49.4 Å². The number of hydrogen-bond acceptors (Lipinski definition) is 3. The number of benzene rings is 1. The largest absolute Gasteiger partial charge is 0.476 e. The number of hydrogen-bond donors (Lipinski definition) is 3. The molecule has 0 spiro atoms. The normalized spacial score (nSPS) is 12.4. The Morgan fingerprint density at radius 1 is 1.20 bits per heavy atom. The van der Waals surface area contributed by atoms with Gasteiger partial charge in [0.1, 0.15) is 6.10 Å². The number of rotatable bonds is 3. The summed E-state index contributed by atoms with van der Waals surface area (Å²) in [5.74, 6) is -1.30. The Kier molecular flexibility index (Phi) is 4.46. The lowest BCUT2D eigenvalue weighted by Crippen LogP contribution is -2.09. The van der Waals surface area contributed by atoms with E-state index in [0.717, 1.165) is 6.33 Å². The molecule has 0 aliphatic heterocycles. The Morgan fingerprint density at radius 2 is 1.85 bits per heavy atom. The van der Waals surface area contributed by atoms with Crippen LogP contribution in [0.5, 0.6) is 0 Å². The third-order valence-electron chi connectivity index (χ3n) is 2.57. The molecular weight excluding hydrogens is 350 g/mol. The minimum Gasteiger partial charge on any atom is -0.476 e. The summed E-state index contributed by atoms with van der Waals surface area (Å²) >= 11 is 23.7. The number of aliphatic hydroxyl groups is 1. The van der Waals surface area contributed by atoms with Crippen LogP contribution in [0, 0.1) is 0 Å². The van der Waals surface area contributed by atoms with Crippen LogP contribution < -0.4 is 0 Å². The number of carboxylic acids is 1. The average molecular weight is 356 g/mol. The molecule has 9 heteroatoms. The fourth-order valence-electron chi connectivity index (χ4n) is 1.66. The fourth-order valence-corrected chi connectivity index (χ4v) is 2.78. The molecule has 2 rings (SSSR count). The molecule has 0 bridgehead atoms. The predicted octanol–water partition coefficient (Wildman–Crippen LogP) is 3.80. The number of imidazole rings is 1. The first-order chi connectivity index (χ1) is 9.34. The second-order valence-corrected chi connectivity index (χ2v) is 5.32. The van der Waals surface area contributed by atoms with E-state index in [2.05, 4.69) is 9.97 Å². The monoisotopic (exact) mass is 354 g/mol. The molecule has 0 aliphatic rings. The first kappa shape index (κ1) is 15.4. The minimum atomic E-state index is -1.43. The van der Waals surface area contributed by atoms with E-state index >= 15 is 0 Å². The number of aromatic amines is 1. The predicted molar refractivity (Wildman–Crippen MR) is 76.1 cm³/mol. The Labute approximate surface area is 133 Å². The average Bonchev–Trinajstić information content (AvgIpc) is 2.85. The number of aromatic nitrogens is 2. The number of carbonyl (C=O) groups is 1.